The van der Waals surface area contributed by atoms with E-state index >= 15 is 0 Å². The number of nitrogens with one attached hydrogen (secondary N) is 1. The molecule has 2 rings (SSSR count). The van der Waals surface area contributed by atoms with Crippen LogP contribution in [0.25, 0.3) is 0 Å². The lowest BCUT2D eigenvalue weighted by atomic mass is 10.2. The number of hydrogen-bond donors (Lipinski definition) is 1. The second-order valence-electron chi connectivity index (χ2n) is 5.24. The van der Waals surface area contributed by atoms with Gasteiger partial charge in [-0.15, -0.1) is 0 Å². The van der Waals surface area contributed by atoms with Crippen molar-refractivity contribution in [3.8, 4) is 5.75 Å². The van der Waals surface area contributed by atoms with Gasteiger partial charge in [-0.25, -0.2) is 9.18 Å². The van der Waals surface area contributed by atoms with Crippen molar-refractivity contribution in [2.24, 2.45) is 0 Å². The van der Waals surface area contributed by atoms with Gasteiger partial charge in [0.1, 0.15) is 11.6 Å². The number of rotatable bonds is 6. The van der Waals surface area contributed by atoms with Crippen LogP contribution in [0.1, 0.15) is 22.8 Å². The maximum absolute atomic E-state index is 13.0. The van der Waals surface area contributed by atoms with Crippen molar-refractivity contribution < 1.29 is 23.5 Å². The first kappa shape index (κ1) is 18.7. The van der Waals surface area contributed by atoms with Gasteiger partial charge in [0.25, 0.3) is 5.91 Å². The number of amides is 1. The minimum atomic E-state index is -1.02. The molecule has 132 valence electrons. The summed E-state index contributed by atoms with van der Waals surface area (Å²) in [5.41, 5.74) is 0.868. The topological polar surface area (TPSA) is 64.6 Å². The molecule has 0 unspecified atom stereocenters. The van der Waals surface area contributed by atoms with Crippen LogP contribution < -0.4 is 10.1 Å². The molecule has 0 aliphatic heterocycles. The molecule has 1 amide bonds. The van der Waals surface area contributed by atoms with Gasteiger partial charge < -0.3 is 14.8 Å². The predicted octanol–water partition coefficient (Wildman–Crippen LogP) is 3.35. The van der Waals surface area contributed by atoms with Crippen molar-refractivity contribution in [2.45, 2.75) is 19.6 Å². The van der Waals surface area contributed by atoms with Crippen LogP contribution in [-0.2, 0) is 16.1 Å². The van der Waals surface area contributed by atoms with Crippen molar-refractivity contribution in [3.05, 3.63) is 64.4 Å². The van der Waals surface area contributed by atoms with Crippen LogP contribution in [0.2, 0.25) is 5.02 Å². The lowest BCUT2D eigenvalue weighted by Crippen LogP contribution is -2.35. The number of methoxy groups -OCH3 is 1. The average molecular weight is 366 g/mol. The Kier molecular flexibility index (Phi) is 6.36. The van der Waals surface area contributed by atoms with Gasteiger partial charge >= 0.3 is 5.97 Å². The molecular formula is C18H17ClFNO4. The second kappa shape index (κ2) is 8.48. The van der Waals surface area contributed by atoms with Crippen molar-refractivity contribution in [3.63, 3.8) is 0 Å². The summed E-state index contributed by atoms with van der Waals surface area (Å²) in [4.78, 5) is 24.1. The quantitative estimate of drug-likeness (QED) is 0.797. The fourth-order valence-corrected chi connectivity index (χ4v) is 2.25. The zero-order valence-electron chi connectivity index (χ0n) is 13.7. The largest absolute Gasteiger partial charge is 0.497 e. The summed E-state index contributed by atoms with van der Waals surface area (Å²) in [7, 11) is 1.57. The number of carbonyl (C=O) groups is 2. The van der Waals surface area contributed by atoms with Crippen LogP contribution in [0.5, 0.6) is 5.75 Å². The Bertz CT molecular complexity index is 764. The first-order valence-electron chi connectivity index (χ1n) is 7.47. The molecule has 0 heterocycles. The standard InChI is InChI=1S/C18H17ClFNO4/c1-11(25-18(23)15-8-5-13(20)9-16(15)19)17(22)21-10-12-3-6-14(24-2)7-4-12/h3-9,11H,10H2,1-2H3,(H,21,22)/t11-/m1/s1. The Hall–Kier alpha value is -2.60. The van der Waals surface area contributed by atoms with Crippen LogP contribution in [0, 0.1) is 5.82 Å². The van der Waals surface area contributed by atoms with Gasteiger partial charge in [0.15, 0.2) is 6.10 Å². The first-order chi connectivity index (χ1) is 11.9. The molecule has 2 aromatic carbocycles. The molecule has 0 aliphatic rings. The lowest BCUT2D eigenvalue weighted by Gasteiger charge is -2.14. The fourth-order valence-electron chi connectivity index (χ4n) is 2.01. The Morgan fingerprint density at radius 3 is 2.48 bits per heavy atom. The van der Waals surface area contributed by atoms with Crippen LogP contribution in [0.4, 0.5) is 4.39 Å². The molecule has 0 aliphatic carbocycles. The van der Waals surface area contributed by atoms with E-state index in [9.17, 15) is 14.0 Å². The fraction of sp³-hybridized carbons (Fsp3) is 0.222. The summed E-state index contributed by atoms with van der Waals surface area (Å²) >= 11 is 5.80. The van der Waals surface area contributed by atoms with Crippen LogP contribution >= 0.6 is 11.6 Å². The maximum Gasteiger partial charge on any atom is 0.340 e. The highest BCUT2D eigenvalue weighted by molar-refractivity contribution is 6.33. The van der Waals surface area contributed by atoms with E-state index in [1.54, 1.807) is 19.2 Å². The number of halogens is 2. The summed E-state index contributed by atoms with van der Waals surface area (Å²) in [6.45, 7) is 1.72. The number of esters is 1. The first-order valence-corrected chi connectivity index (χ1v) is 7.85. The highest BCUT2D eigenvalue weighted by Gasteiger charge is 2.20. The summed E-state index contributed by atoms with van der Waals surface area (Å²) in [5.74, 6) is -1.10. The van der Waals surface area contributed by atoms with E-state index in [1.165, 1.54) is 13.0 Å². The number of ether oxygens (including phenoxy) is 2. The van der Waals surface area contributed by atoms with E-state index in [2.05, 4.69) is 5.32 Å². The van der Waals surface area contributed by atoms with Crippen molar-refractivity contribution >= 4 is 23.5 Å². The predicted molar refractivity (Wildman–Crippen MR) is 91.1 cm³/mol. The Balaban J connectivity index is 1.89. The SMILES string of the molecule is COc1ccc(CNC(=O)[C@@H](C)OC(=O)c2ccc(F)cc2Cl)cc1. The molecule has 0 saturated carbocycles. The molecule has 0 saturated heterocycles. The number of carbonyl (C=O) groups excluding carboxylic acids is 2. The van der Waals surface area contributed by atoms with E-state index in [1.807, 2.05) is 12.1 Å². The molecule has 0 bridgehead atoms. The molecule has 1 atom stereocenters. The number of hydrogen-bond acceptors (Lipinski definition) is 4. The molecule has 0 aromatic heterocycles. The summed E-state index contributed by atoms with van der Waals surface area (Å²) in [6, 6.07) is 10.5. The van der Waals surface area contributed by atoms with Crippen LogP contribution in [-0.4, -0.2) is 25.1 Å². The summed E-state index contributed by atoms with van der Waals surface area (Å²) in [5, 5.41) is 2.59. The van der Waals surface area contributed by atoms with Gasteiger partial charge in [0.2, 0.25) is 0 Å². The van der Waals surface area contributed by atoms with E-state index in [0.717, 1.165) is 17.7 Å². The van der Waals surface area contributed by atoms with Gasteiger partial charge in [0.05, 0.1) is 17.7 Å². The minimum absolute atomic E-state index is 0.00197. The third-order valence-electron chi connectivity index (χ3n) is 3.43. The monoisotopic (exact) mass is 365 g/mol. The average Bonchev–Trinajstić information content (AvgIpc) is 2.59. The zero-order chi connectivity index (χ0) is 18.4. The smallest absolute Gasteiger partial charge is 0.340 e. The van der Waals surface area contributed by atoms with Crippen LogP contribution in [0.3, 0.4) is 0 Å². The molecule has 5 nitrogen and oxygen atoms in total. The third-order valence-corrected chi connectivity index (χ3v) is 3.74. The molecule has 7 heteroatoms. The molecule has 1 N–H and O–H groups in total. The van der Waals surface area contributed by atoms with Gasteiger partial charge in [0, 0.05) is 6.54 Å². The van der Waals surface area contributed by atoms with E-state index < -0.39 is 23.8 Å². The Morgan fingerprint density at radius 1 is 1.20 bits per heavy atom. The van der Waals surface area contributed by atoms with E-state index in [-0.39, 0.29) is 17.1 Å². The minimum Gasteiger partial charge on any atom is -0.497 e. The lowest BCUT2D eigenvalue weighted by molar-refractivity contribution is -0.129. The number of benzene rings is 2. The maximum atomic E-state index is 13.0. The highest BCUT2D eigenvalue weighted by atomic mass is 35.5. The van der Waals surface area contributed by atoms with Gasteiger partial charge in [-0.3, -0.25) is 4.79 Å². The molecule has 2 aromatic rings. The summed E-state index contributed by atoms with van der Waals surface area (Å²) in [6.07, 6.45) is -1.02. The second-order valence-corrected chi connectivity index (χ2v) is 5.64. The molecular weight excluding hydrogens is 349 g/mol. The molecule has 0 radical (unpaired) electrons. The highest BCUT2D eigenvalue weighted by Crippen LogP contribution is 2.18. The van der Waals surface area contributed by atoms with Gasteiger partial charge in [-0.1, -0.05) is 23.7 Å². The molecule has 25 heavy (non-hydrogen) atoms. The van der Waals surface area contributed by atoms with Crippen molar-refractivity contribution in [2.75, 3.05) is 7.11 Å². The van der Waals surface area contributed by atoms with Gasteiger partial charge in [-0.05, 0) is 42.8 Å². The van der Waals surface area contributed by atoms with Crippen molar-refractivity contribution in [1.82, 2.24) is 5.32 Å². The molecule has 0 fully saturated rings. The third kappa shape index (κ3) is 5.19. The zero-order valence-corrected chi connectivity index (χ0v) is 14.5. The van der Waals surface area contributed by atoms with Gasteiger partial charge in [-0.2, -0.15) is 0 Å². The Morgan fingerprint density at radius 2 is 1.88 bits per heavy atom. The van der Waals surface area contributed by atoms with E-state index in [0.29, 0.717) is 5.75 Å². The normalized spacial score (nSPS) is 11.5. The van der Waals surface area contributed by atoms with Crippen LogP contribution in [0.15, 0.2) is 42.5 Å². The Labute approximate surface area is 149 Å². The van der Waals surface area contributed by atoms with E-state index in [4.69, 9.17) is 21.1 Å². The molecule has 0 spiro atoms. The summed E-state index contributed by atoms with van der Waals surface area (Å²) < 4.78 is 23.1. The van der Waals surface area contributed by atoms with Crippen molar-refractivity contribution in [1.29, 1.82) is 0 Å².